The third kappa shape index (κ3) is 2.58. The molecule has 0 radical (unpaired) electrons. The molecule has 0 bridgehead atoms. The molecule has 2 heteroatoms. The lowest BCUT2D eigenvalue weighted by molar-refractivity contribution is -0.0795. The molecule has 1 N–H and O–H groups in total. The van der Waals surface area contributed by atoms with Gasteiger partial charge in [-0.2, -0.15) is 0 Å². The Balaban J connectivity index is 3.06. The van der Waals surface area contributed by atoms with Crippen molar-refractivity contribution in [2.75, 3.05) is 7.11 Å². The van der Waals surface area contributed by atoms with Gasteiger partial charge < -0.3 is 9.84 Å². The summed E-state index contributed by atoms with van der Waals surface area (Å²) in [5.41, 5.74) is 2.69. The Labute approximate surface area is 91.9 Å². The van der Waals surface area contributed by atoms with Gasteiger partial charge in [-0.25, -0.2) is 0 Å². The lowest BCUT2D eigenvalue weighted by Gasteiger charge is -2.30. The molecule has 0 spiro atoms. The summed E-state index contributed by atoms with van der Waals surface area (Å²) in [6.07, 6.45) is -0.594. The van der Waals surface area contributed by atoms with Crippen molar-refractivity contribution in [3.63, 3.8) is 0 Å². The van der Waals surface area contributed by atoms with Crippen LogP contribution in [0.2, 0.25) is 0 Å². The lowest BCUT2D eigenvalue weighted by Crippen LogP contribution is -2.31. The van der Waals surface area contributed by atoms with E-state index in [0.29, 0.717) is 0 Å². The van der Waals surface area contributed by atoms with E-state index in [9.17, 15) is 5.11 Å². The van der Waals surface area contributed by atoms with Crippen molar-refractivity contribution in [2.24, 2.45) is 0 Å². The van der Waals surface area contributed by atoms with Gasteiger partial charge in [0.15, 0.2) is 0 Å². The average Bonchev–Trinajstić information content (AvgIpc) is 2.17. The molecule has 0 aliphatic heterocycles. The fourth-order valence-electron chi connectivity index (χ4n) is 1.62. The van der Waals surface area contributed by atoms with Crippen molar-refractivity contribution in [1.82, 2.24) is 0 Å². The standard InChI is InChI=1S/C13H20O2/c1-9-6-7-11(10(2)8-9)12(14)13(3,4)15-5/h6-8,12,14H,1-5H3. The second kappa shape index (κ2) is 4.33. The van der Waals surface area contributed by atoms with Gasteiger partial charge in [-0.15, -0.1) is 0 Å². The highest BCUT2D eigenvalue weighted by molar-refractivity contribution is 5.33. The summed E-state index contributed by atoms with van der Waals surface area (Å²) in [7, 11) is 1.62. The first-order chi connectivity index (χ1) is 6.88. The van der Waals surface area contributed by atoms with Gasteiger partial charge in [0.25, 0.3) is 0 Å². The second-order valence-corrected chi connectivity index (χ2v) is 4.57. The third-order valence-corrected chi connectivity index (χ3v) is 2.90. The summed E-state index contributed by atoms with van der Waals surface area (Å²) in [5, 5.41) is 10.2. The number of benzene rings is 1. The number of rotatable bonds is 3. The van der Waals surface area contributed by atoms with Gasteiger partial charge in [-0.1, -0.05) is 23.8 Å². The van der Waals surface area contributed by atoms with E-state index in [2.05, 4.69) is 6.07 Å². The van der Waals surface area contributed by atoms with Gasteiger partial charge in [0.2, 0.25) is 0 Å². The summed E-state index contributed by atoms with van der Waals surface area (Å²) in [6.45, 7) is 7.83. The van der Waals surface area contributed by atoms with Crippen LogP contribution in [-0.2, 0) is 4.74 Å². The Kier molecular flexibility index (Phi) is 3.53. The van der Waals surface area contributed by atoms with E-state index in [1.165, 1.54) is 5.56 Å². The van der Waals surface area contributed by atoms with E-state index in [1.54, 1.807) is 7.11 Å². The Morgan fingerprint density at radius 1 is 1.27 bits per heavy atom. The fourth-order valence-corrected chi connectivity index (χ4v) is 1.62. The first-order valence-corrected chi connectivity index (χ1v) is 5.19. The smallest absolute Gasteiger partial charge is 0.108 e. The van der Waals surface area contributed by atoms with Gasteiger partial charge >= 0.3 is 0 Å². The Morgan fingerprint density at radius 2 is 1.87 bits per heavy atom. The van der Waals surface area contributed by atoms with Crippen LogP contribution < -0.4 is 0 Å². The van der Waals surface area contributed by atoms with E-state index in [1.807, 2.05) is 39.8 Å². The average molecular weight is 208 g/mol. The van der Waals surface area contributed by atoms with Crippen molar-refractivity contribution in [3.8, 4) is 0 Å². The predicted molar refractivity (Wildman–Crippen MR) is 62.0 cm³/mol. The summed E-state index contributed by atoms with van der Waals surface area (Å²) in [5.74, 6) is 0. The molecule has 1 aromatic carbocycles. The molecule has 15 heavy (non-hydrogen) atoms. The van der Waals surface area contributed by atoms with E-state index in [-0.39, 0.29) is 0 Å². The molecule has 1 atom stereocenters. The van der Waals surface area contributed by atoms with Crippen molar-refractivity contribution in [2.45, 2.75) is 39.4 Å². The second-order valence-electron chi connectivity index (χ2n) is 4.57. The minimum Gasteiger partial charge on any atom is -0.385 e. The van der Waals surface area contributed by atoms with Crippen molar-refractivity contribution < 1.29 is 9.84 Å². The molecule has 0 aliphatic rings. The van der Waals surface area contributed by atoms with Crippen LogP contribution in [0.3, 0.4) is 0 Å². The van der Waals surface area contributed by atoms with Crippen molar-refractivity contribution in [1.29, 1.82) is 0 Å². The molecule has 2 nitrogen and oxygen atoms in total. The molecule has 0 aromatic heterocycles. The van der Waals surface area contributed by atoms with Crippen LogP contribution in [0.25, 0.3) is 0 Å². The summed E-state index contributed by atoms with van der Waals surface area (Å²) in [6, 6.07) is 6.05. The number of ether oxygens (including phenoxy) is 1. The van der Waals surface area contributed by atoms with E-state index < -0.39 is 11.7 Å². The van der Waals surface area contributed by atoms with Gasteiger partial charge in [-0.05, 0) is 38.8 Å². The quantitative estimate of drug-likeness (QED) is 0.827. The van der Waals surface area contributed by atoms with Crippen LogP contribution in [0.15, 0.2) is 18.2 Å². The molecule has 0 amide bonds. The molecule has 0 aliphatic carbocycles. The molecule has 1 aromatic rings. The Morgan fingerprint density at radius 3 is 2.33 bits per heavy atom. The third-order valence-electron chi connectivity index (χ3n) is 2.90. The SMILES string of the molecule is COC(C)(C)C(O)c1ccc(C)cc1C. The maximum atomic E-state index is 10.2. The molecule has 0 saturated heterocycles. The zero-order valence-electron chi connectivity index (χ0n) is 10.2. The molecule has 0 heterocycles. The van der Waals surface area contributed by atoms with Crippen LogP contribution in [0.5, 0.6) is 0 Å². The topological polar surface area (TPSA) is 29.5 Å². The van der Waals surface area contributed by atoms with Gasteiger partial charge in [0.05, 0.1) is 5.60 Å². The number of aliphatic hydroxyl groups is 1. The van der Waals surface area contributed by atoms with Crippen LogP contribution >= 0.6 is 0 Å². The Hall–Kier alpha value is -0.860. The van der Waals surface area contributed by atoms with E-state index in [4.69, 9.17) is 4.74 Å². The van der Waals surface area contributed by atoms with Gasteiger partial charge in [0.1, 0.15) is 6.10 Å². The first kappa shape index (κ1) is 12.2. The highest BCUT2D eigenvalue weighted by Gasteiger charge is 2.29. The lowest BCUT2D eigenvalue weighted by atomic mass is 9.91. The summed E-state index contributed by atoms with van der Waals surface area (Å²) < 4.78 is 5.29. The zero-order valence-corrected chi connectivity index (χ0v) is 10.2. The number of methoxy groups -OCH3 is 1. The van der Waals surface area contributed by atoms with E-state index in [0.717, 1.165) is 11.1 Å². The largest absolute Gasteiger partial charge is 0.385 e. The highest BCUT2D eigenvalue weighted by atomic mass is 16.5. The fraction of sp³-hybridized carbons (Fsp3) is 0.538. The molecular formula is C13H20O2. The number of aryl methyl sites for hydroxylation is 2. The molecule has 0 fully saturated rings. The molecule has 1 rings (SSSR count). The molecule has 1 unspecified atom stereocenters. The predicted octanol–water partition coefficient (Wildman–Crippen LogP) is 2.76. The zero-order chi connectivity index (χ0) is 11.6. The molecule has 0 saturated carbocycles. The number of aliphatic hydroxyl groups excluding tert-OH is 1. The van der Waals surface area contributed by atoms with Crippen LogP contribution in [0, 0.1) is 13.8 Å². The number of hydrogen-bond acceptors (Lipinski definition) is 2. The maximum absolute atomic E-state index is 10.2. The normalized spacial score (nSPS) is 14.0. The highest BCUT2D eigenvalue weighted by Crippen LogP contribution is 2.30. The Bertz CT molecular complexity index is 342. The summed E-state index contributed by atoms with van der Waals surface area (Å²) in [4.78, 5) is 0. The van der Waals surface area contributed by atoms with Crippen molar-refractivity contribution >= 4 is 0 Å². The monoisotopic (exact) mass is 208 g/mol. The van der Waals surface area contributed by atoms with E-state index >= 15 is 0 Å². The van der Waals surface area contributed by atoms with Gasteiger partial charge in [-0.3, -0.25) is 0 Å². The van der Waals surface area contributed by atoms with Gasteiger partial charge in [0, 0.05) is 7.11 Å². The first-order valence-electron chi connectivity index (χ1n) is 5.19. The minimum absolute atomic E-state index is 0.556. The molecular weight excluding hydrogens is 188 g/mol. The summed E-state index contributed by atoms with van der Waals surface area (Å²) >= 11 is 0. The minimum atomic E-state index is -0.594. The maximum Gasteiger partial charge on any atom is 0.108 e. The van der Waals surface area contributed by atoms with Crippen LogP contribution in [-0.4, -0.2) is 17.8 Å². The van der Waals surface area contributed by atoms with Crippen LogP contribution in [0.1, 0.15) is 36.6 Å². The van der Waals surface area contributed by atoms with Crippen molar-refractivity contribution in [3.05, 3.63) is 34.9 Å². The molecule has 84 valence electrons. The van der Waals surface area contributed by atoms with Crippen LogP contribution in [0.4, 0.5) is 0 Å². The number of hydrogen-bond donors (Lipinski definition) is 1.